The van der Waals surface area contributed by atoms with Gasteiger partial charge in [-0.15, -0.1) is 0 Å². The minimum Gasteiger partial charge on any atom is -0.379 e. The van der Waals surface area contributed by atoms with Gasteiger partial charge in [-0.3, -0.25) is 20.4 Å². The Bertz CT molecular complexity index is 1370. The molecule has 4 N–H and O–H groups in total. The molecule has 0 aliphatic carbocycles. The Morgan fingerprint density at radius 1 is 0.559 bits per heavy atom. The third-order valence-electron chi connectivity index (χ3n) is 11.0. The Morgan fingerprint density at radius 2 is 0.949 bits per heavy atom. The normalized spacial score (nSPS) is 16.7. The van der Waals surface area contributed by atoms with Gasteiger partial charge >= 0.3 is 0 Å². The largest absolute Gasteiger partial charge is 0.379 e. The second-order valence-corrected chi connectivity index (χ2v) is 15.8. The fourth-order valence-electron chi connectivity index (χ4n) is 7.79. The minimum absolute atomic E-state index is 0.0667. The van der Waals surface area contributed by atoms with Gasteiger partial charge in [0.05, 0.1) is 51.6 Å². The zero-order valence-electron chi connectivity index (χ0n) is 36.1. The summed E-state index contributed by atoms with van der Waals surface area (Å²) < 4.78 is 17.0. The maximum atomic E-state index is 12.8. The van der Waals surface area contributed by atoms with Gasteiger partial charge in [0.2, 0.25) is 11.8 Å². The van der Waals surface area contributed by atoms with E-state index in [2.05, 4.69) is 82.8 Å². The van der Waals surface area contributed by atoms with Crippen LogP contribution in [0, 0.1) is 10.8 Å². The molecule has 0 radical (unpaired) electrons. The molecule has 0 saturated carbocycles. The number of ether oxygens (including phenoxy) is 3. The van der Waals surface area contributed by atoms with E-state index in [1.807, 2.05) is 21.9 Å². The molecule has 59 heavy (non-hydrogen) atoms. The molecule has 2 amide bonds. The van der Waals surface area contributed by atoms with Crippen LogP contribution in [0.3, 0.4) is 0 Å². The van der Waals surface area contributed by atoms with Gasteiger partial charge in [0, 0.05) is 52.5 Å². The molecule has 2 atom stereocenters. The summed E-state index contributed by atoms with van der Waals surface area (Å²) >= 11 is 0. The fraction of sp³-hybridized carbons (Fsp3) is 0.652. The summed E-state index contributed by atoms with van der Waals surface area (Å²) in [6.07, 6.45) is 12.4. The van der Waals surface area contributed by atoms with Crippen molar-refractivity contribution >= 4 is 23.7 Å². The van der Waals surface area contributed by atoms with Crippen LogP contribution in [0.2, 0.25) is 0 Å². The van der Waals surface area contributed by atoms with Crippen LogP contribution in [0.4, 0.5) is 0 Å². The van der Waals surface area contributed by atoms with Crippen molar-refractivity contribution in [2.24, 2.45) is 0 Å². The van der Waals surface area contributed by atoms with Gasteiger partial charge in [-0.2, -0.15) is 0 Å². The van der Waals surface area contributed by atoms with Crippen LogP contribution in [-0.4, -0.2) is 147 Å². The van der Waals surface area contributed by atoms with Gasteiger partial charge in [0.1, 0.15) is 0 Å². The van der Waals surface area contributed by atoms with Gasteiger partial charge in [0.25, 0.3) is 0 Å². The SMILES string of the molecule is CCCCCCN1C(=N)N(CC(=O)NCCCOCCOCCOCCCNC(=O)CN2C[C@H](Cc3ccccc3)N(CCCCCC)C2=N)C[C@@H]1Cc1ccccc1. The van der Waals surface area contributed by atoms with Crippen LogP contribution in [0.1, 0.15) is 89.2 Å². The zero-order chi connectivity index (χ0) is 41.9. The lowest BCUT2D eigenvalue weighted by atomic mass is 10.1. The van der Waals surface area contributed by atoms with E-state index in [0.717, 1.165) is 51.6 Å². The van der Waals surface area contributed by atoms with E-state index in [0.29, 0.717) is 90.6 Å². The number of carbonyl (C=O) groups excluding carboxylic acids is 2. The molecule has 0 spiro atoms. The Kier molecular flexibility index (Phi) is 22.8. The van der Waals surface area contributed by atoms with Crippen molar-refractivity contribution in [3.63, 3.8) is 0 Å². The second kappa shape index (κ2) is 28.3. The number of guanidine groups is 2. The molecular formula is C46H74N8O5. The molecule has 2 saturated heterocycles. The van der Waals surface area contributed by atoms with E-state index < -0.39 is 0 Å². The van der Waals surface area contributed by atoms with Gasteiger partial charge < -0.3 is 44.4 Å². The molecular weight excluding hydrogens is 745 g/mol. The van der Waals surface area contributed by atoms with Crippen molar-refractivity contribution < 1.29 is 23.8 Å². The highest BCUT2D eigenvalue weighted by atomic mass is 16.5. The predicted octanol–water partition coefficient (Wildman–Crippen LogP) is 5.54. The van der Waals surface area contributed by atoms with Crippen LogP contribution in [0.5, 0.6) is 0 Å². The number of hydrogen-bond donors (Lipinski definition) is 4. The van der Waals surface area contributed by atoms with Gasteiger partial charge in [-0.1, -0.05) is 113 Å². The minimum atomic E-state index is -0.0667. The monoisotopic (exact) mass is 819 g/mol. The Morgan fingerprint density at radius 3 is 1.34 bits per heavy atom. The Hall–Kier alpha value is -4.20. The topological polar surface area (TPSA) is 147 Å². The Balaban J connectivity index is 0.973. The van der Waals surface area contributed by atoms with Crippen molar-refractivity contribution in [3.8, 4) is 0 Å². The van der Waals surface area contributed by atoms with E-state index in [9.17, 15) is 9.59 Å². The molecule has 13 nitrogen and oxygen atoms in total. The molecule has 0 aromatic heterocycles. The standard InChI is InChI=1S/C46H74N8O5/c1-3-5-7-15-25-53-41(33-39-19-11-9-12-20-39)35-51(45(53)47)37-43(55)49-23-17-27-57-29-31-59-32-30-58-28-18-24-50-44(56)38-52-36-42(34-40-21-13-10-14-22-40)54(46(52)48)26-16-8-6-4-2/h9-14,19-22,41-42,47-48H,3-8,15-18,23-38H2,1-2H3,(H,49,55)(H,50,56)/t41-,42-/m0/s1. The van der Waals surface area contributed by atoms with Crippen LogP contribution in [0.15, 0.2) is 60.7 Å². The smallest absolute Gasteiger partial charge is 0.239 e. The summed E-state index contributed by atoms with van der Waals surface area (Å²) in [5, 5.41) is 23.7. The number of rotatable bonds is 32. The molecule has 328 valence electrons. The maximum Gasteiger partial charge on any atom is 0.239 e. The molecule has 2 aliphatic heterocycles. The summed E-state index contributed by atoms with van der Waals surface area (Å²) in [6, 6.07) is 21.2. The molecule has 2 aromatic rings. The van der Waals surface area contributed by atoms with Gasteiger partial charge in [-0.25, -0.2) is 0 Å². The summed E-state index contributed by atoms with van der Waals surface area (Å²) in [6.45, 7) is 11.9. The van der Waals surface area contributed by atoms with E-state index in [1.165, 1.54) is 36.8 Å². The number of amides is 2. The van der Waals surface area contributed by atoms with Crippen molar-refractivity contribution in [3.05, 3.63) is 71.8 Å². The molecule has 2 fully saturated rings. The number of hydrogen-bond acceptors (Lipinski definition) is 7. The molecule has 0 unspecified atom stereocenters. The van der Waals surface area contributed by atoms with Crippen molar-refractivity contribution in [2.45, 2.75) is 103 Å². The average Bonchev–Trinajstić information content (AvgIpc) is 3.68. The first kappa shape index (κ1) is 47.5. The van der Waals surface area contributed by atoms with Crippen molar-refractivity contribution in [2.75, 3.05) is 92.0 Å². The van der Waals surface area contributed by atoms with Crippen molar-refractivity contribution in [1.29, 1.82) is 10.8 Å². The number of nitrogens with zero attached hydrogens (tertiary/aromatic N) is 4. The van der Waals surface area contributed by atoms with Crippen molar-refractivity contribution in [1.82, 2.24) is 30.2 Å². The van der Waals surface area contributed by atoms with E-state index in [4.69, 9.17) is 25.0 Å². The quantitative estimate of drug-likeness (QED) is 0.0700. The van der Waals surface area contributed by atoms with Gasteiger partial charge in [-0.05, 0) is 49.7 Å². The van der Waals surface area contributed by atoms with Crippen LogP contribution in [0.25, 0.3) is 0 Å². The summed E-state index contributed by atoms with van der Waals surface area (Å²) in [4.78, 5) is 33.8. The number of unbranched alkanes of at least 4 members (excludes halogenated alkanes) is 6. The number of benzene rings is 2. The highest BCUT2D eigenvalue weighted by Crippen LogP contribution is 2.22. The van der Waals surface area contributed by atoms with Gasteiger partial charge in [0.15, 0.2) is 11.9 Å². The first-order valence-electron chi connectivity index (χ1n) is 22.4. The first-order valence-corrected chi connectivity index (χ1v) is 22.4. The molecule has 0 bridgehead atoms. The second-order valence-electron chi connectivity index (χ2n) is 15.8. The number of nitrogens with one attached hydrogen (secondary N) is 4. The summed E-state index contributed by atoms with van der Waals surface area (Å²) in [7, 11) is 0. The predicted molar refractivity (Wildman–Crippen MR) is 236 cm³/mol. The fourth-order valence-corrected chi connectivity index (χ4v) is 7.79. The van der Waals surface area contributed by atoms with Crippen LogP contribution in [-0.2, 0) is 36.6 Å². The zero-order valence-corrected chi connectivity index (χ0v) is 36.1. The molecule has 13 heteroatoms. The van der Waals surface area contributed by atoms with E-state index in [1.54, 1.807) is 0 Å². The lowest BCUT2D eigenvalue weighted by Crippen LogP contribution is -2.41. The molecule has 2 heterocycles. The highest BCUT2D eigenvalue weighted by Gasteiger charge is 2.36. The molecule has 2 aliphatic rings. The maximum absolute atomic E-state index is 12.8. The highest BCUT2D eigenvalue weighted by molar-refractivity contribution is 5.87. The average molecular weight is 819 g/mol. The third kappa shape index (κ3) is 17.9. The number of carbonyl (C=O) groups is 2. The lowest BCUT2D eigenvalue weighted by Gasteiger charge is -2.25. The van der Waals surface area contributed by atoms with Crippen LogP contribution < -0.4 is 10.6 Å². The van der Waals surface area contributed by atoms with E-state index in [-0.39, 0.29) is 37.0 Å². The lowest BCUT2D eigenvalue weighted by molar-refractivity contribution is -0.122. The Labute approximate surface area is 354 Å². The summed E-state index contributed by atoms with van der Waals surface area (Å²) in [5.41, 5.74) is 2.52. The van der Waals surface area contributed by atoms with Crippen LogP contribution >= 0.6 is 0 Å². The molecule has 4 rings (SSSR count). The molecule has 2 aromatic carbocycles. The first-order chi connectivity index (χ1) is 28.9. The van der Waals surface area contributed by atoms with E-state index >= 15 is 0 Å². The third-order valence-corrected chi connectivity index (χ3v) is 11.0. The summed E-state index contributed by atoms with van der Waals surface area (Å²) in [5.74, 6) is 0.783.